The number of rotatable bonds is 2. The second kappa shape index (κ2) is 6.80. The summed E-state index contributed by atoms with van der Waals surface area (Å²) in [6.07, 6.45) is 4.27. The predicted octanol–water partition coefficient (Wildman–Crippen LogP) is 4.03. The van der Waals surface area contributed by atoms with Crippen molar-refractivity contribution in [2.75, 3.05) is 6.61 Å². The summed E-state index contributed by atoms with van der Waals surface area (Å²) in [5.41, 5.74) is 2.58. The standard InChI is InChI=1S/C23H32O4/c1-23(2,3)12-27-22(26)20-11-19-17-6-4-13-10-14(24)5-7-15(13)16(17)8-9-18(19)21(20)25/h5,7,10,16-21,24-25H,4,6,8-9,11-12H2,1-3H3/t16-,17-,18?,19+,20-,21?/m1/s1. The maximum absolute atomic E-state index is 12.6. The van der Waals surface area contributed by atoms with Gasteiger partial charge in [0.2, 0.25) is 0 Å². The van der Waals surface area contributed by atoms with Crippen LogP contribution in [0.4, 0.5) is 0 Å². The van der Waals surface area contributed by atoms with Gasteiger partial charge in [-0.25, -0.2) is 0 Å². The van der Waals surface area contributed by atoms with Gasteiger partial charge in [-0.2, -0.15) is 0 Å². The maximum Gasteiger partial charge on any atom is 0.311 e. The van der Waals surface area contributed by atoms with Crippen molar-refractivity contribution in [3.8, 4) is 5.75 Å². The molecule has 0 amide bonds. The molecule has 27 heavy (non-hydrogen) atoms. The molecule has 6 atom stereocenters. The maximum atomic E-state index is 12.6. The molecular formula is C23H32O4. The van der Waals surface area contributed by atoms with Gasteiger partial charge in [0.15, 0.2) is 0 Å². The molecule has 1 aromatic carbocycles. The number of aryl methyl sites for hydroxylation is 1. The van der Waals surface area contributed by atoms with Crippen molar-refractivity contribution in [3.05, 3.63) is 29.3 Å². The van der Waals surface area contributed by atoms with Gasteiger partial charge < -0.3 is 14.9 Å². The summed E-state index contributed by atoms with van der Waals surface area (Å²) in [5.74, 6) is 1.39. The average Bonchev–Trinajstić information content (AvgIpc) is 2.95. The van der Waals surface area contributed by atoms with Gasteiger partial charge in [-0.05, 0) is 84.5 Å². The number of phenols is 1. The van der Waals surface area contributed by atoms with E-state index in [1.54, 1.807) is 6.07 Å². The lowest BCUT2D eigenvalue weighted by molar-refractivity contribution is -0.154. The second-order valence-electron chi connectivity index (χ2n) is 10.1. The molecule has 0 radical (unpaired) electrons. The molecule has 148 valence electrons. The van der Waals surface area contributed by atoms with E-state index in [1.807, 2.05) is 26.8 Å². The van der Waals surface area contributed by atoms with E-state index in [0.717, 1.165) is 32.1 Å². The summed E-state index contributed by atoms with van der Waals surface area (Å²) in [7, 11) is 0. The van der Waals surface area contributed by atoms with Crippen LogP contribution in [0, 0.1) is 29.1 Å². The fraction of sp³-hybridized carbons (Fsp3) is 0.696. The van der Waals surface area contributed by atoms with Crippen molar-refractivity contribution < 1.29 is 19.7 Å². The molecule has 4 nitrogen and oxygen atoms in total. The monoisotopic (exact) mass is 372 g/mol. The van der Waals surface area contributed by atoms with Crippen molar-refractivity contribution in [1.82, 2.24) is 0 Å². The summed E-state index contributed by atoms with van der Waals surface area (Å²) in [4.78, 5) is 12.6. The molecule has 0 bridgehead atoms. The molecule has 3 aliphatic rings. The molecule has 2 unspecified atom stereocenters. The third-order valence-corrected chi connectivity index (χ3v) is 7.03. The molecule has 0 saturated heterocycles. The Bertz CT molecular complexity index is 720. The summed E-state index contributed by atoms with van der Waals surface area (Å²) in [5, 5.41) is 20.7. The predicted molar refractivity (Wildman–Crippen MR) is 103 cm³/mol. The highest BCUT2D eigenvalue weighted by atomic mass is 16.5. The normalized spacial score (nSPS) is 35.1. The molecule has 1 aromatic rings. The van der Waals surface area contributed by atoms with E-state index in [-0.39, 0.29) is 23.2 Å². The Morgan fingerprint density at radius 1 is 1.15 bits per heavy atom. The Morgan fingerprint density at radius 3 is 2.67 bits per heavy atom. The van der Waals surface area contributed by atoms with Crippen molar-refractivity contribution in [2.45, 2.75) is 64.9 Å². The van der Waals surface area contributed by atoms with E-state index >= 15 is 0 Å². The van der Waals surface area contributed by atoms with E-state index in [4.69, 9.17) is 4.74 Å². The Labute approximate surface area is 161 Å². The van der Waals surface area contributed by atoms with E-state index in [0.29, 0.717) is 30.1 Å². The van der Waals surface area contributed by atoms with Gasteiger partial charge in [-0.3, -0.25) is 4.79 Å². The molecule has 4 rings (SSSR count). The third kappa shape index (κ3) is 3.49. The minimum Gasteiger partial charge on any atom is -0.508 e. The lowest BCUT2D eigenvalue weighted by Gasteiger charge is -2.44. The van der Waals surface area contributed by atoms with Crippen LogP contribution < -0.4 is 0 Å². The first kappa shape index (κ1) is 18.8. The van der Waals surface area contributed by atoms with Crippen molar-refractivity contribution in [1.29, 1.82) is 0 Å². The fourth-order valence-electron chi connectivity index (χ4n) is 5.84. The third-order valence-electron chi connectivity index (χ3n) is 7.03. The number of hydrogen-bond donors (Lipinski definition) is 2. The topological polar surface area (TPSA) is 66.8 Å². The van der Waals surface area contributed by atoms with Crippen LogP contribution in [0.3, 0.4) is 0 Å². The number of esters is 1. The number of aromatic hydroxyl groups is 1. The number of aliphatic hydroxyl groups excluding tert-OH is 1. The Balaban J connectivity index is 1.50. The zero-order valence-corrected chi connectivity index (χ0v) is 16.6. The minimum absolute atomic E-state index is 0.0598. The molecule has 0 heterocycles. The van der Waals surface area contributed by atoms with Crippen LogP contribution in [0.25, 0.3) is 0 Å². The molecule has 2 fully saturated rings. The van der Waals surface area contributed by atoms with Crippen molar-refractivity contribution in [3.63, 3.8) is 0 Å². The zero-order chi connectivity index (χ0) is 19.3. The van der Waals surface area contributed by atoms with E-state index in [9.17, 15) is 15.0 Å². The molecule has 0 aromatic heterocycles. The highest BCUT2D eigenvalue weighted by Gasteiger charge is 2.53. The summed E-state index contributed by atoms with van der Waals surface area (Å²) in [6, 6.07) is 5.79. The summed E-state index contributed by atoms with van der Waals surface area (Å²) < 4.78 is 5.55. The van der Waals surface area contributed by atoms with Crippen LogP contribution in [0.1, 0.15) is 63.5 Å². The van der Waals surface area contributed by atoms with Gasteiger partial charge in [-0.15, -0.1) is 0 Å². The van der Waals surface area contributed by atoms with E-state index in [1.165, 1.54) is 11.1 Å². The molecule has 3 aliphatic carbocycles. The van der Waals surface area contributed by atoms with Gasteiger partial charge in [-0.1, -0.05) is 26.8 Å². The smallest absolute Gasteiger partial charge is 0.311 e. The summed E-state index contributed by atoms with van der Waals surface area (Å²) in [6.45, 7) is 6.54. The number of benzene rings is 1. The first-order chi connectivity index (χ1) is 12.7. The van der Waals surface area contributed by atoms with Gasteiger partial charge in [0.25, 0.3) is 0 Å². The van der Waals surface area contributed by atoms with Crippen LogP contribution in [0.2, 0.25) is 0 Å². The fourth-order valence-corrected chi connectivity index (χ4v) is 5.84. The lowest BCUT2D eigenvalue weighted by Crippen LogP contribution is -2.37. The highest BCUT2D eigenvalue weighted by molar-refractivity contribution is 5.73. The largest absolute Gasteiger partial charge is 0.508 e. The molecule has 0 spiro atoms. The number of fused-ring (bicyclic) bond motifs is 5. The van der Waals surface area contributed by atoms with Gasteiger partial charge in [0, 0.05) is 0 Å². The number of hydrogen-bond acceptors (Lipinski definition) is 4. The Morgan fingerprint density at radius 2 is 1.93 bits per heavy atom. The quantitative estimate of drug-likeness (QED) is 0.769. The molecule has 0 aliphatic heterocycles. The number of phenolic OH excluding ortho intramolecular Hbond substituents is 1. The van der Waals surface area contributed by atoms with E-state index in [2.05, 4.69) is 6.07 Å². The lowest BCUT2D eigenvalue weighted by atomic mass is 9.61. The first-order valence-corrected chi connectivity index (χ1v) is 10.4. The Kier molecular flexibility index (Phi) is 4.74. The van der Waals surface area contributed by atoms with Crippen molar-refractivity contribution >= 4 is 5.97 Å². The molecule has 4 heteroatoms. The number of aliphatic hydroxyl groups is 1. The van der Waals surface area contributed by atoms with Gasteiger partial charge >= 0.3 is 5.97 Å². The minimum atomic E-state index is -0.565. The van der Waals surface area contributed by atoms with Crippen LogP contribution in [0.5, 0.6) is 5.75 Å². The zero-order valence-electron chi connectivity index (χ0n) is 16.6. The number of carbonyl (C=O) groups excluding carboxylic acids is 1. The van der Waals surface area contributed by atoms with Gasteiger partial charge in [0.05, 0.1) is 18.6 Å². The molecular weight excluding hydrogens is 340 g/mol. The van der Waals surface area contributed by atoms with Crippen LogP contribution in [0.15, 0.2) is 18.2 Å². The highest BCUT2D eigenvalue weighted by Crippen LogP contribution is 2.56. The second-order valence-corrected chi connectivity index (χ2v) is 10.1. The van der Waals surface area contributed by atoms with Crippen LogP contribution >= 0.6 is 0 Å². The molecule has 2 saturated carbocycles. The first-order valence-electron chi connectivity index (χ1n) is 10.4. The van der Waals surface area contributed by atoms with Crippen LogP contribution in [-0.2, 0) is 16.0 Å². The average molecular weight is 373 g/mol. The SMILES string of the molecule is CC(C)(C)COC(=O)[C@@H]1C[C@@H]2C(CC[C@@H]3c4ccc(O)cc4CC[C@H]32)C1O. The number of ether oxygens (including phenoxy) is 1. The van der Waals surface area contributed by atoms with E-state index < -0.39 is 6.10 Å². The van der Waals surface area contributed by atoms with Crippen molar-refractivity contribution in [2.24, 2.45) is 29.1 Å². The Hall–Kier alpha value is -1.55. The van der Waals surface area contributed by atoms with Crippen LogP contribution in [-0.4, -0.2) is 28.9 Å². The summed E-state index contributed by atoms with van der Waals surface area (Å²) >= 11 is 0. The number of carbonyl (C=O) groups is 1. The van der Waals surface area contributed by atoms with Gasteiger partial charge in [0.1, 0.15) is 5.75 Å². The molecule has 2 N–H and O–H groups in total.